The molecule has 0 atom stereocenters. The van der Waals surface area contributed by atoms with Crippen LogP contribution in [-0.2, 0) is 0 Å². The van der Waals surface area contributed by atoms with Crippen LogP contribution in [0.25, 0.3) is 0 Å². The van der Waals surface area contributed by atoms with Gasteiger partial charge in [0.2, 0.25) is 0 Å². The molecule has 3 heteroatoms. The summed E-state index contributed by atoms with van der Waals surface area (Å²) in [6.07, 6.45) is 10.6. The molecule has 0 radical (unpaired) electrons. The van der Waals surface area contributed by atoms with Gasteiger partial charge in [-0.3, -0.25) is 0 Å². The fourth-order valence-electron chi connectivity index (χ4n) is 1.61. The Labute approximate surface area is 102 Å². The Morgan fingerprint density at radius 3 is 1.86 bits per heavy atom. The van der Waals surface area contributed by atoms with Gasteiger partial charge in [-0.2, -0.15) is 0 Å². The molecule has 0 aliphatic carbocycles. The third kappa shape index (κ3) is 12.8. The maximum Gasteiger partial charge on any atom is 0.107 e. The molecule has 0 rings (SSSR count). The van der Waals surface area contributed by atoms with Crippen LogP contribution in [-0.4, -0.2) is 14.4 Å². The minimum atomic E-state index is -0.149. The van der Waals surface area contributed by atoms with Crippen molar-refractivity contribution in [1.82, 2.24) is 0 Å². The predicted molar refractivity (Wildman–Crippen MR) is 71.6 cm³/mol. The number of alkyl halides is 2. The topological polar surface area (TPSA) is 0 Å². The zero-order valence-electron chi connectivity index (χ0n) is 9.40. The smallest absolute Gasteiger partial charge is 0.105 e. The van der Waals surface area contributed by atoms with Gasteiger partial charge in [0.25, 0.3) is 0 Å². The molecule has 0 aromatic rings. The predicted octanol–water partition coefficient (Wildman–Crippen LogP) is 4.55. The van der Waals surface area contributed by atoms with Gasteiger partial charge in [0.15, 0.2) is 0 Å². The fourth-order valence-corrected chi connectivity index (χ4v) is 2.77. The standard InChI is InChI=1S/C11H24Cl2Si/c1-14-10-8-6-4-2-3-5-7-9-11(12)13/h11H,2-10,14H2,1H3. The average Bonchev–Trinajstić information content (AvgIpc) is 2.15. The summed E-state index contributed by atoms with van der Waals surface area (Å²) in [6.45, 7) is 2.40. The Morgan fingerprint density at radius 1 is 0.857 bits per heavy atom. The summed E-state index contributed by atoms with van der Waals surface area (Å²) in [4.78, 5) is -0.149. The second-order valence-corrected chi connectivity index (χ2v) is 6.99. The molecule has 0 saturated heterocycles. The highest BCUT2D eigenvalue weighted by atomic mass is 35.5. The number of unbranched alkanes of at least 4 members (excludes halogenated alkanes) is 6. The van der Waals surface area contributed by atoms with E-state index in [0.29, 0.717) is 9.52 Å². The van der Waals surface area contributed by atoms with Crippen molar-refractivity contribution in [2.45, 2.75) is 68.8 Å². The van der Waals surface area contributed by atoms with Gasteiger partial charge in [-0.15, -0.1) is 23.2 Å². The van der Waals surface area contributed by atoms with Crippen molar-refractivity contribution >= 4 is 32.7 Å². The molecule has 0 N–H and O–H groups in total. The minimum absolute atomic E-state index is 0.149. The Hall–Kier alpha value is 0.797. The summed E-state index contributed by atoms with van der Waals surface area (Å²) in [5, 5.41) is 0. The third-order valence-electron chi connectivity index (χ3n) is 2.53. The maximum atomic E-state index is 5.64. The Bertz CT molecular complexity index is 107. The Morgan fingerprint density at radius 2 is 1.36 bits per heavy atom. The first-order valence-corrected chi connectivity index (χ1v) is 9.34. The average molecular weight is 255 g/mol. The highest BCUT2D eigenvalue weighted by molar-refractivity contribution is 6.44. The number of hydrogen-bond donors (Lipinski definition) is 0. The SMILES string of the molecule is C[SiH2]CCCCCCCCCC(Cl)Cl. The van der Waals surface area contributed by atoms with Crippen molar-refractivity contribution in [3.05, 3.63) is 0 Å². The summed E-state index contributed by atoms with van der Waals surface area (Å²) in [6, 6.07) is 1.54. The van der Waals surface area contributed by atoms with E-state index >= 15 is 0 Å². The summed E-state index contributed by atoms with van der Waals surface area (Å²) in [5.41, 5.74) is 0. The monoisotopic (exact) mass is 254 g/mol. The van der Waals surface area contributed by atoms with Gasteiger partial charge >= 0.3 is 0 Å². The van der Waals surface area contributed by atoms with Crippen molar-refractivity contribution in [3.63, 3.8) is 0 Å². The molecule has 0 unspecified atom stereocenters. The van der Waals surface area contributed by atoms with Crippen molar-refractivity contribution < 1.29 is 0 Å². The highest BCUT2D eigenvalue weighted by Crippen LogP contribution is 2.14. The van der Waals surface area contributed by atoms with E-state index in [2.05, 4.69) is 6.55 Å². The van der Waals surface area contributed by atoms with E-state index in [1.807, 2.05) is 0 Å². The van der Waals surface area contributed by atoms with E-state index in [1.54, 1.807) is 6.04 Å². The van der Waals surface area contributed by atoms with Crippen LogP contribution < -0.4 is 0 Å². The van der Waals surface area contributed by atoms with E-state index in [-0.39, 0.29) is 4.84 Å². The van der Waals surface area contributed by atoms with Gasteiger partial charge in [0.05, 0.1) is 0 Å². The zero-order valence-corrected chi connectivity index (χ0v) is 12.3. The molecular weight excluding hydrogens is 231 g/mol. The molecule has 0 aliphatic heterocycles. The van der Waals surface area contributed by atoms with Crippen LogP contribution in [0.5, 0.6) is 0 Å². The normalized spacial score (nSPS) is 12.0. The molecule has 0 bridgehead atoms. The summed E-state index contributed by atoms with van der Waals surface area (Å²) < 4.78 is 0. The van der Waals surface area contributed by atoms with Crippen LogP contribution in [0.1, 0.15) is 51.4 Å². The lowest BCUT2D eigenvalue weighted by Gasteiger charge is -2.02. The molecule has 0 amide bonds. The highest BCUT2D eigenvalue weighted by Gasteiger charge is 1.97. The summed E-state index contributed by atoms with van der Waals surface area (Å²) >= 11 is 11.3. The molecule has 0 aromatic carbocycles. The van der Waals surface area contributed by atoms with Crippen LogP contribution in [0, 0.1) is 0 Å². The Kier molecular flexibility index (Phi) is 12.5. The largest absolute Gasteiger partial charge is 0.107 e. The lowest BCUT2D eigenvalue weighted by molar-refractivity contribution is 0.582. The van der Waals surface area contributed by atoms with Crippen molar-refractivity contribution in [2.75, 3.05) is 0 Å². The lowest BCUT2D eigenvalue weighted by atomic mass is 10.1. The van der Waals surface area contributed by atoms with Crippen LogP contribution in [0.15, 0.2) is 0 Å². The molecule has 0 spiro atoms. The van der Waals surface area contributed by atoms with E-state index < -0.39 is 0 Å². The van der Waals surface area contributed by atoms with Crippen LogP contribution in [0.4, 0.5) is 0 Å². The van der Waals surface area contributed by atoms with Gasteiger partial charge in [0.1, 0.15) is 4.84 Å². The molecule has 14 heavy (non-hydrogen) atoms. The Balaban J connectivity index is 2.85. The molecule has 86 valence electrons. The summed E-state index contributed by atoms with van der Waals surface area (Å²) in [7, 11) is 0.328. The first kappa shape index (κ1) is 14.8. The van der Waals surface area contributed by atoms with Gasteiger partial charge < -0.3 is 0 Å². The van der Waals surface area contributed by atoms with E-state index in [1.165, 1.54) is 44.9 Å². The zero-order chi connectivity index (χ0) is 10.6. The molecule has 0 heterocycles. The van der Waals surface area contributed by atoms with E-state index in [0.717, 1.165) is 6.42 Å². The summed E-state index contributed by atoms with van der Waals surface area (Å²) in [5.74, 6) is 0. The molecule has 0 fully saturated rings. The second-order valence-electron chi connectivity index (χ2n) is 4.01. The lowest BCUT2D eigenvalue weighted by Crippen LogP contribution is -1.87. The molecule has 0 aromatic heterocycles. The number of rotatable bonds is 10. The van der Waals surface area contributed by atoms with Gasteiger partial charge in [-0.05, 0) is 6.42 Å². The van der Waals surface area contributed by atoms with Crippen LogP contribution in [0.2, 0.25) is 12.6 Å². The van der Waals surface area contributed by atoms with Gasteiger partial charge in [-0.25, -0.2) is 0 Å². The third-order valence-corrected chi connectivity index (χ3v) is 4.17. The molecule has 0 aliphatic rings. The van der Waals surface area contributed by atoms with Crippen LogP contribution in [0.3, 0.4) is 0 Å². The fraction of sp³-hybridized carbons (Fsp3) is 1.00. The van der Waals surface area contributed by atoms with Gasteiger partial charge in [-0.1, -0.05) is 57.5 Å². The van der Waals surface area contributed by atoms with Crippen molar-refractivity contribution in [3.8, 4) is 0 Å². The van der Waals surface area contributed by atoms with Crippen LogP contribution >= 0.6 is 23.2 Å². The quantitative estimate of drug-likeness (QED) is 0.305. The number of hydrogen-bond acceptors (Lipinski definition) is 0. The minimum Gasteiger partial charge on any atom is -0.105 e. The first-order valence-electron chi connectivity index (χ1n) is 6.05. The second kappa shape index (κ2) is 11.9. The maximum absolute atomic E-state index is 5.64. The number of halogens is 2. The first-order chi connectivity index (χ1) is 6.77. The molecular formula is C11H24Cl2Si. The molecule has 0 nitrogen and oxygen atoms in total. The van der Waals surface area contributed by atoms with Crippen molar-refractivity contribution in [2.24, 2.45) is 0 Å². The van der Waals surface area contributed by atoms with Gasteiger partial charge in [0, 0.05) is 9.52 Å². The van der Waals surface area contributed by atoms with Crippen molar-refractivity contribution in [1.29, 1.82) is 0 Å². The van der Waals surface area contributed by atoms with E-state index in [9.17, 15) is 0 Å². The molecule has 0 saturated carbocycles. The van der Waals surface area contributed by atoms with E-state index in [4.69, 9.17) is 23.2 Å².